The van der Waals surface area contributed by atoms with Crippen molar-refractivity contribution in [3.05, 3.63) is 35.0 Å². The summed E-state index contributed by atoms with van der Waals surface area (Å²) in [6.07, 6.45) is 0. The van der Waals surface area contributed by atoms with E-state index in [1.54, 1.807) is 14.2 Å². The number of nitrogens with two attached hydrogens (primary N) is 1. The molecule has 106 valence electrons. The molecular formula is C16H20N2O2. The molecule has 1 aromatic heterocycles. The van der Waals surface area contributed by atoms with Gasteiger partial charge in [-0.2, -0.15) is 0 Å². The van der Waals surface area contributed by atoms with Gasteiger partial charge in [0.05, 0.1) is 19.9 Å². The fraction of sp³-hybridized carbons (Fsp3) is 0.312. The van der Waals surface area contributed by atoms with Crippen molar-refractivity contribution in [2.24, 2.45) is 0 Å². The van der Waals surface area contributed by atoms with Crippen LogP contribution in [0.5, 0.6) is 11.5 Å². The molecule has 0 bridgehead atoms. The lowest BCUT2D eigenvalue weighted by atomic mass is 9.99. The van der Waals surface area contributed by atoms with Gasteiger partial charge in [0.2, 0.25) is 0 Å². The van der Waals surface area contributed by atoms with Crippen LogP contribution in [0.15, 0.2) is 18.2 Å². The number of ether oxygens (including phenoxy) is 2. The minimum atomic E-state index is 0.507. The highest BCUT2D eigenvalue weighted by Crippen LogP contribution is 2.34. The van der Waals surface area contributed by atoms with E-state index in [0.29, 0.717) is 5.82 Å². The lowest BCUT2D eigenvalue weighted by Gasteiger charge is -2.14. The van der Waals surface area contributed by atoms with Gasteiger partial charge in [-0.25, -0.2) is 4.98 Å². The van der Waals surface area contributed by atoms with Crippen LogP contribution in [0.3, 0.4) is 0 Å². The Kier molecular flexibility index (Phi) is 3.84. The number of benzene rings is 1. The Morgan fingerprint density at radius 3 is 2.05 bits per heavy atom. The molecule has 0 aliphatic heterocycles. The summed E-state index contributed by atoms with van der Waals surface area (Å²) in [5.74, 6) is 2.15. The summed E-state index contributed by atoms with van der Waals surface area (Å²) < 4.78 is 10.7. The molecule has 0 unspecified atom stereocenters. The van der Waals surface area contributed by atoms with Gasteiger partial charge in [0.1, 0.15) is 17.3 Å². The third kappa shape index (κ3) is 2.41. The molecule has 0 saturated heterocycles. The van der Waals surface area contributed by atoms with E-state index in [4.69, 9.17) is 15.2 Å². The first-order valence-electron chi connectivity index (χ1n) is 6.44. The highest BCUT2D eigenvalue weighted by molar-refractivity contribution is 5.77. The van der Waals surface area contributed by atoms with Crippen molar-refractivity contribution < 1.29 is 9.47 Å². The van der Waals surface area contributed by atoms with Crippen LogP contribution in [-0.2, 0) is 0 Å². The quantitative estimate of drug-likeness (QED) is 0.931. The van der Waals surface area contributed by atoms with E-state index in [1.165, 1.54) is 0 Å². The van der Waals surface area contributed by atoms with Gasteiger partial charge in [-0.05, 0) is 55.7 Å². The predicted octanol–water partition coefficient (Wildman–Crippen LogP) is 3.27. The minimum Gasteiger partial charge on any atom is -0.496 e. The normalized spacial score (nSPS) is 10.4. The molecule has 2 rings (SSSR count). The van der Waals surface area contributed by atoms with Crippen molar-refractivity contribution in [2.45, 2.75) is 20.8 Å². The number of nitrogen functional groups attached to an aromatic ring is 1. The number of pyridine rings is 1. The van der Waals surface area contributed by atoms with Crippen molar-refractivity contribution in [3.8, 4) is 22.6 Å². The number of methoxy groups -OCH3 is 2. The van der Waals surface area contributed by atoms with Gasteiger partial charge in [-0.3, -0.25) is 0 Å². The number of rotatable bonds is 3. The molecule has 0 atom stereocenters. The summed E-state index contributed by atoms with van der Waals surface area (Å²) in [4.78, 5) is 4.34. The third-order valence-electron chi connectivity index (χ3n) is 3.39. The average molecular weight is 272 g/mol. The molecular weight excluding hydrogens is 252 g/mol. The van der Waals surface area contributed by atoms with Crippen LogP contribution >= 0.6 is 0 Å². The summed E-state index contributed by atoms with van der Waals surface area (Å²) in [5.41, 5.74) is 10.9. The highest BCUT2D eigenvalue weighted by atomic mass is 16.5. The first kappa shape index (κ1) is 14.2. The second-order valence-corrected chi connectivity index (χ2v) is 4.85. The molecule has 4 heteroatoms. The molecule has 0 radical (unpaired) electrons. The van der Waals surface area contributed by atoms with E-state index in [0.717, 1.165) is 39.4 Å². The maximum Gasteiger partial charge on any atom is 0.140 e. The Morgan fingerprint density at radius 2 is 1.55 bits per heavy atom. The smallest absolute Gasteiger partial charge is 0.140 e. The highest BCUT2D eigenvalue weighted by Gasteiger charge is 2.12. The summed E-state index contributed by atoms with van der Waals surface area (Å²) in [6.45, 7) is 5.91. The van der Waals surface area contributed by atoms with Crippen LogP contribution in [-0.4, -0.2) is 19.2 Å². The summed E-state index contributed by atoms with van der Waals surface area (Å²) in [7, 11) is 3.31. The Morgan fingerprint density at radius 1 is 0.950 bits per heavy atom. The molecule has 1 aromatic carbocycles. The maximum atomic E-state index is 6.05. The van der Waals surface area contributed by atoms with Gasteiger partial charge >= 0.3 is 0 Å². The Hall–Kier alpha value is -2.23. The first-order chi connectivity index (χ1) is 9.47. The van der Waals surface area contributed by atoms with E-state index in [2.05, 4.69) is 4.98 Å². The third-order valence-corrected chi connectivity index (χ3v) is 3.39. The zero-order valence-corrected chi connectivity index (χ0v) is 12.6. The maximum absolute atomic E-state index is 6.05. The number of hydrogen-bond donors (Lipinski definition) is 1. The molecule has 0 saturated carbocycles. The number of aryl methyl sites for hydroxylation is 3. The van der Waals surface area contributed by atoms with Crippen LogP contribution < -0.4 is 15.2 Å². The zero-order chi connectivity index (χ0) is 14.9. The van der Waals surface area contributed by atoms with Crippen LogP contribution in [0.25, 0.3) is 11.1 Å². The van der Waals surface area contributed by atoms with E-state index in [1.807, 2.05) is 39.0 Å². The molecule has 0 aliphatic carbocycles. The van der Waals surface area contributed by atoms with E-state index in [9.17, 15) is 0 Å². The number of anilines is 1. The SMILES string of the molecule is COc1cc(-c2cc(C)c(OC)c(C)c2)c(N)nc1C. The van der Waals surface area contributed by atoms with Crippen molar-refractivity contribution in [3.63, 3.8) is 0 Å². The van der Waals surface area contributed by atoms with Gasteiger partial charge < -0.3 is 15.2 Å². The number of aromatic nitrogens is 1. The van der Waals surface area contributed by atoms with Crippen LogP contribution in [0, 0.1) is 20.8 Å². The van der Waals surface area contributed by atoms with E-state index < -0.39 is 0 Å². The summed E-state index contributed by atoms with van der Waals surface area (Å²) in [5, 5.41) is 0. The summed E-state index contributed by atoms with van der Waals surface area (Å²) in [6, 6.07) is 6.03. The summed E-state index contributed by atoms with van der Waals surface area (Å²) >= 11 is 0. The predicted molar refractivity (Wildman–Crippen MR) is 81.4 cm³/mol. The first-order valence-corrected chi connectivity index (χ1v) is 6.44. The Bertz CT molecular complexity index is 628. The molecule has 0 fully saturated rings. The molecule has 0 spiro atoms. The Balaban J connectivity index is 2.62. The molecule has 2 N–H and O–H groups in total. The van der Waals surface area contributed by atoms with Gasteiger partial charge in [0.15, 0.2) is 0 Å². The number of hydrogen-bond acceptors (Lipinski definition) is 4. The topological polar surface area (TPSA) is 57.4 Å². The van der Waals surface area contributed by atoms with Crippen molar-refractivity contribution in [1.82, 2.24) is 4.98 Å². The lowest BCUT2D eigenvalue weighted by Crippen LogP contribution is -2.00. The zero-order valence-electron chi connectivity index (χ0n) is 12.6. The second-order valence-electron chi connectivity index (χ2n) is 4.85. The van der Waals surface area contributed by atoms with E-state index in [-0.39, 0.29) is 0 Å². The van der Waals surface area contributed by atoms with Gasteiger partial charge in [0.25, 0.3) is 0 Å². The fourth-order valence-electron chi connectivity index (χ4n) is 2.47. The lowest BCUT2D eigenvalue weighted by molar-refractivity contribution is 0.408. The van der Waals surface area contributed by atoms with Crippen molar-refractivity contribution in [1.29, 1.82) is 0 Å². The van der Waals surface area contributed by atoms with Crippen LogP contribution in [0.4, 0.5) is 5.82 Å². The molecule has 1 heterocycles. The molecule has 20 heavy (non-hydrogen) atoms. The van der Waals surface area contributed by atoms with Gasteiger partial charge in [0, 0.05) is 5.56 Å². The average Bonchev–Trinajstić information content (AvgIpc) is 2.38. The monoisotopic (exact) mass is 272 g/mol. The van der Waals surface area contributed by atoms with Crippen LogP contribution in [0.2, 0.25) is 0 Å². The second kappa shape index (κ2) is 5.41. The van der Waals surface area contributed by atoms with E-state index >= 15 is 0 Å². The molecule has 0 aliphatic rings. The van der Waals surface area contributed by atoms with Gasteiger partial charge in [-0.1, -0.05) is 0 Å². The number of nitrogens with zero attached hydrogens (tertiary/aromatic N) is 1. The Labute approximate surface area is 119 Å². The fourth-order valence-corrected chi connectivity index (χ4v) is 2.47. The van der Waals surface area contributed by atoms with Gasteiger partial charge in [-0.15, -0.1) is 0 Å². The molecule has 2 aromatic rings. The van der Waals surface area contributed by atoms with Crippen LogP contribution in [0.1, 0.15) is 16.8 Å². The molecule has 4 nitrogen and oxygen atoms in total. The van der Waals surface area contributed by atoms with Crippen molar-refractivity contribution in [2.75, 3.05) is 20.0 Å². The molecule has 0 amide bonds. The largest absolute Gasteiger partial charge is 0.496 e. The van der Waals surface area contributed by atoms with Crippen molar-refractivity contribution >= 4 is 5.82 Å². The standard InChI is InChI=1S/C16H20N2O2/c1-9-6-12(7-10(2)15(9)20-5)13-8-14(19-4)11(3)18-16(13)17/h6-8H,1-5H3,(H2,17,18). The minimum absolute atomic E-state index is 0.507.